The van der Waals surface area contributed by atoms with Crippen LogP contribution in [-0.2, 0) is 11.3 Å². The number of nitrogens with one attached hydrogen (secondary N) is 2. The Hall–Kier alpha value is -0.450. The van der Waals surface area contributed by atoms with Crippen LogP contribution in [0.1, 0.15) is 18.9 Å². The minimum atomic E-state index is -0.251. The van der Waals surface area contributed by atoms with Crippen molar-refractivity contribution < 1.29 is 9.13 Å². The molecule has 0 amide bonds. The lowest BCUT2D eigenvalue weighted by atomic mass is 10.2. The fourth-order valence-corrected chi connectivity index (χ4v) is 2.50. The summed E-state index contributed by atoms with van der Waals surface area (Å²) >= 11 is 3.43. The van der Waals surface area contributed by atoms with Gasteiger partial charge in [0.05, 0.1) is 6.54 Å². The van der Waals surface area contributed by atoms with Crippen molar-refractivity contribution in [3.05, 3.63) is 34.1 Å². The molecule has 25 heavy (non-hydrogen) atoms. The highest BCUT2D eigenvalue weighted by atomic mass is 127. The summed E-state index contributed by atoms with van der Waals surface area (Å²) in [4.78, 5) is 6.77. The molecule has 0 aromatic heterocycles. The second-order valence-corrected chi connectivity index (χ2v) is 6.36. The van der Waals surface area contributed by atoms with E-state index in [2.05, 4.69) is 43.5 Å². The summed E-state index contributed by atoms with van der Waals surface area (Å²) in [5, 5.41) is 6.51. The van der Waals surface area contributed by atoms with Gasteiger partial charge in [-0.25, -0.2) is 9.38 Å². The third kappa shape index (κ3) is 11.0. The number of halogens is 3. The van der Waals surface area contributed by atoms with Crippen LogP contribution < -0.4 is 10.6 Å². The van der Waals surface area contributed by atoms with Gasteiger partial charge in [0.25, 0.3) is 0 Å². The molecule has 0 saturated heterocycles. The van der Waals surface area contributed by atoms with Crippen LogP contribution in [0.5, 0.6) is 0 Å². The molecule has 5 nitrogen and oxygen atoms in total. The molecule has 1 aromatic carbocycles. The van der Waals surface area contributed by atoms with Gasteiger partial charge in [-0.3, -0.25) is 0 Å². The van der Waals surface area contributed by atoms with E-state index in [-0.39, 0.29) is 29.8 Å². The third-order valence-electron chi connectivity index (χ3n) is 3.43. The van der Waals surface area contributed by atoms with E-state index in [1.54, 1.807) is 13.2 Å². The number of nitrogens with zero attached hydrogens (tertiary/aromatic N) is 2. The quantitative estimate of drug-likeness (QED) is 0.211. The molecule has 0 aliphatic heterocycles. The van der Waals surface area contributed by atoms with Crippen molar-refractivity contribution in [2.24, 2.45) is 4.99 Å². The summed E-state index contributed by atoms with van der Waals surface area (Å²) < 4.78 is 19.2. The molecule has 0 atom stereocenters. The minimum Gasteiger partial charge on any atom is -0.385 e. The van der Waals surface area contributed by atoms with Crippen LogP contribution in [0.15, 0.2) is 27.7 Å². The fourth-order valence-electron chi connectivity index (χ4n) is 2.13. The number of methoxy groups -OCH3 is 1. The maximum atomic E-state index is 13.3. The Balaban J connectivity index is 0.00000576. The zero-order chi connectivity index (χ0) is 17.8. The Kier molecular flexibility index (Phi) is 14.4. The van der Waals surface area contributed by atoms with Crippen molar-refractivity contribution in [1.82, 2.24) is 15.5 Å². The van der Waals surface area contributed by atoms with Gasteiger partial charge >= 0.3 is 0 Å². The standard InChI is InChI=1S/C17H28BrFN4O.HI/c1-4-20-17(21-8-10-23(2)9-5-11-24-3)22-13-14-12-15(19)6-7-16(14)18;/h6-7,12H,4-5,8-11,13H2,1-3H3,(H2,20,21,22);1H. The van der Waals surface area contributed by atoms with Crippen LogP contribution in [0.2, 0.25) is 0 Å². The second-order valence-electron chi connectivity index (χ2n) is 5.51. The van der Waals surface area contributed by atoms with Gasteiger partial charge in [0.1, 0.15) is 5.82 Å². The zero-order valence-corrected chi connectivity index (χ0v) is 19.1. The van der Waals surface area contributed by atoms with E-state index in [9.17, 15) is 4.39 Å². The van der Waals surface area contributed by atoms with Gasteiger partial charge in [0, 0.05) is 44.4 Å². The van der Waals surface area contributed by atoms with Crippen molar-refractivity contribution >= 4 is 45.9 Å². The van der Waals surface area contributed by atoms with E-state index < -0.39 is 0 Å². The number of rotatable bonds is 10. The average Bonchev–Trinajstić information content (AvgIpc) is 2.55. The Labute approximate surface area is 175 Å². The molecule has 1 rings (SSSR count). The molecule has 0 fully saturated rings. The van der Waals surface area contributed by atoms with Gasteiger partial charge < -0.3 is 20.3 Å². The second kappa shape index (κ2) is 14.7. The van der Waals surface area contributed by atoms with E-state index in [1.807, 2.05) is 6.92 Å². The molecule has 0 heterocycles. The van der Waals surface area contributed by atoms with Gasteiger partial charge in [-0.15, -0.1) is 24.0 Å². The molecule has 8 heteroatoms. The predicted molar refractivity (Wildman–Crippen MR) is 116 cm³/mol. The van der Waals surface area contributed by atoms with Crippen molar-refractivity contribution in [3.63, 3.8) is 0 Å². The lowest BCUT2D eigenvalue weighted by Crippen LogP contribution is -2.41. The smallest absolute Gasteiger partial charge is 0.191 e. The number of hydrogen-bond acceptors (Lipinski definition) is 3. The number of guanidine groups is 1. The Morgan fingerprint density at radius 1 is 1.32 bits per heavy atom. The molecule has 0 radical (unpaired) electrons. The number of hydrogen-bond donors (Lipinski definition) is 2. The number of aliphatic imine (C=N–C) groups is 1. The van der Waals surface area contributed by atoms with Gasteiger partial charge in [-0.1, -0.05) is 15.9 Å². The van der Waals surface area contributed by atoms with E-state index in [4.69, 9.17) is 4.74 Å². The summed E-state index contributed by atoms with van der Waals surface area (Å²) in [5.74, 6) is 0.484. The van der Waals surface area contributed by atoms with Gasteiger partial charge in [-0.2, -0.15) is 0 Å². The topological polar surface area (TPSA) is 48.9 Å². The van der Waals surface area contributed by atoms with Crippen molar-refractivity contribution in [3.8, 4) is 0 Å². The summed E-state index contributed by atoms with van der Waals surface area (Å²) in [6.07, 6.45) is 1.02. The first-order chi connectivity index (χ1) is 11.6. The lowest BCUT2D eigenvalue weighted by molar-refractivity contribution is 0.180. The molecule has 0 bridgehead atoms. The predicted octanol–water partition coefficient (Wildman–Crippen LogP) is 3.23. The van der Waals surface area contributed by atoms with E-state index in [0.717, 1.165) is 55.2 Å². The van der Waals surface area contributed by atoms with Crippen LogP contribution in [-0.4, -0.2) is 57.8 Å². The van der Waals surface area contributed by atoms with Crippen LogP contribution >= 0.6 is 39.9 Å². The fraction of sp³-hybridized carbons (Fsp3) is 0.588. The first-order valence-corrected chi connectivity index (χ1v) is 8.99. The van der Waals surface area contributed by atoms with Crippen LogP contribution in [0.3, 0.4) is 0 Å². The van der Waals surface area contributed by atoms with Crippen LogP contribution in [0.25, 0.3) is 0 Å². The number of ether oxygens (including phenoxy) is 1. The number of benzene rings is 1. The molecule has 2 N–H and O–H groups in total. The lowest BCUT2D eigenvalue weighted by Gasteiger charge is -2.18. The van der Waals surface area contributed by atoms with Crippen molar-refractivity contribution in [2.75, 3.05) is 46.9 Å². The first-order valence-electron chi connectivity index (χ1n) is 8.20. The van der Waals surface area contributed by atoms with E-state index in [1.165, 1.54) is 12.1 Å². The molecule has 0 aliphatic rings. The molecule has 0 saturated carbocycles. The highest BCUT2D eigenvalue weighted by molar-refractivity contribution is 14.0. The van der Waals surface area contributed by atoms with Gasteiger partial charge in [0.15, 0.2) is 5.96 Å². The molecule has 0 unspecified atom stereocenters. The van der Waals surface area contributed by atoms with Crippen LogP contribution in [0.4, 0.5) is 4.39 Å². The minimum absolute atomic E-state index is 0. The van der Waals surface area contributed by atoms with Crippen molar-refractivity contribution in [2.45, 2.75) is 19.9 Å². The molecule has 0 aliphatic carbocycles. The zero-order valence-electron chi connectivity index (χ0n) is 15.1. The Morgan fingerprint density at radius 2 is 2.08 bits per heavy atom. The molecular formula is C17H29BrFIN4O. The van der Waals surface area contributed by atoms with E-state index >= 15 is 0 Å². The molecule has 1 aromatic rings. The maximum Gasteiger partial charge on any atom is 0.191 e. The largest absolute Gasteiger partial charge is 0.385 e. The normalized spacial score (nSPS) is 11.4. The monoisotopic (exact) mass is 530 g/mol. The van der Waals surface area contributed by atoms with Gasteiger partial charge in [-0.05, 0) is 44.2 Å². The third-order valence-corrected chi connectivity index (χ3v) is 4.21. The van der Waals surface area contributed by atoms with Gasteiger partial charge in [0.2, 0.25) is 0 Å². The number of likely N-dealkylation sites (N-methyl/N-ethyl adjacent to an activating group) is 1. The highest BCUT2D eigenvalue weighted by Gasteiger charge is 2.03. The summed E-state index contributed by atoms with van der Waals surface area (Å²) in [6.45, 7) is 6.70. The summed E-state index contributed by atoms with van der Waals surface area (Å²) in [7, 11) is 3.81. The molecular weight excluding hydrogens is 502 g/mol. The van der Waals surface area contributed by atoms with Crippen molar-refractivity contribution in [1.29, 1.82) is 0 Å². The molecule has 144 valence electrons. The van der Waals surface area contributed by atoms with E-state index in [0.29, 0.717) is 6.54 Å². The maximum absolute atomic E-state index is 13.3. The SMILES string of the molecule is CCNC(=NCc1cc(F)ccc1Br)NCCN(C)CCCOC.I. The van der Waals surface area contributed by atoms with Crippen LogP contribution in [0, 0.1) is 5.82 Å². The Morgan fingerprint density at radius 3 is 2.76 bits per heavy atom. The highest BCUT2D eigenvalue weighted by Crippen LogP contribution is 2.18. The first kappa shape index (κ1) is 24.6. The average molecular weight is 531 g/mol. The molecule has 0 spiro atoms. The summed E-state index contributed by atoms with van der Waals surface area (Å²) in [5.41, 5.74) is 0.823. The summed E-state index contributed by atoms with van der Waals surface area (Å²) in [6, 6.07) is 4.64. The Bertz CT molecular complexity index is 519.